The molecule has 0 fully saturated rings. The van der Waals surface area contributed by atoms with Crippen molar-refractivity contribution in [2.24, 2.45) is 5.84 Å². The number of hydrogen-bond donors (Lipinski definition) is 2. The Bertz CT molecular complexity index is 614. The van der Waals surface area contributed by atoms with Crippen LogP contribution in [0.5, 0.6) is 0 Å². The van der Waals surface area contributed by atoms with E-state index in [2.05, 4.69) is 4.98 Å². The lowest BCUT2D eigenvalue weighted by Crippen LogP contribution is -2.31. The van der Waals surface area contributed by atoms with Crippen LogP contribution >= 0.6 is 0 Å². The Balaban J connectivity index is 2.04. The van der Waals surface area contributed by atoms with Crippen molar-refractivity contribution >= 4 is 11.9 Å². The van der Waals surface area contributed by atoms with Gasteiger partial charge in [0.25, 0.3) is 5.91 Å². The van der Waals surface area contributed by atoms with Crippen molar-refractivity contribution < 1.29 is 14.3 Å². The number of nitrogens with zero attached hydrogens (tertiary/aromatic N) is 1. The number of pyridine rings is 1. The summed E-state index contributed by atoms with van der Waals surface area (Å²) in [5.74, 6) is 3.85. The third-order valence-electron chi connectivity index (χ3n) is 2.53. The molecule has 0 atom stereocenters. The van der Waals surface area contributed by atoms with E-state index in [0.29, 0.717) is 0 Å². The Kier molecular flexibility index (Phi) is 4.41. The van der Waals surface area contributed by atoms with Crippen LogP contribution in [0.3, 0.4) is 0 Å². The van der Waals surface area contributed by atoms with Crippen molar-refractivity contribution in [1.82, 2.24) is 10.4 Å². The van der Waals surface area contributed by atoms with E-state index in [1.807, 2.05) is 35.8 Å². The molecule has 2 aromatic rings. The molecule has 0 saturated carbocycles. The second kappa shape index (κ2) is 6.44. The number of rotatable bonds is 4. The minimum absolute atomic E-state index is 0.0571. The Morgan fingerprint density at radius 1 is 1.05 bits per heavy atom. The number of ether oxygens (including phenoxy) is 1. The summed E-state index contributed by atoms with van der Waals surface area (Å²) in [5, 5.41) is 0. The number of esters is 1. The van der Waals surface area contributed by atoms with Crippen LogP contribution < -0.4 is 11.3 Å². The molecule has 3 N–H and O–H groups in total. The number of amides is 1. The molecular weight excluding hydrogens is 258 g/mol. The predicted octanol–water partition coefficient (Wildman–Crippen LogP) is 1.04. The van der Waals surface area contributed by atoms with Gasteiger partial charge in [0.05, 0.1) is 0 Å². The van der Waals surface area contributed by atoms with Gasteiger partial charge >= 0.3 is 5.97 Å². The number of carbonyl (C=O) groups is 2. The summed E-state index contributed by atoms with van der Waals surface area (Å²) in [6.07, 6.45) is 0. The summed E-state index contributed by atoms with van der Waals surface area (Å²) in [7, 11) is 0. The van der Waals surface area contributed by atoms with Crippen LogP contribution in [0.25, 0.3) is 0 Å². The highest BCUT2D eigenvalue weighted by Gasteiger charge is 2.12. The van der Waals surface area contributed by atoms with Crippen molar-refractivity contribution in [3.05, 3.63) is 65.5 Å². The third-order valence-corrected chi connectivity index (χ3v) is 2.53. The lowest BCUT2D eigenvalue weighted by atomic mass is 10.2. The SMILES string of the molecule is NNC(=O)c1cccc(C(=O)OCc2ccccc2)n1. The molecule has 1 aromatic carbocycles. The van der Waals surface area contributed by atoms with Crippen molar-refractivity contribution in [2.75, 3.05) is 0 Å². The molecule has 20 heavy (non-hydrogen) atoms. The maximum absolute atomic E-state index is 11.8. The molecule has 1 aromatic heterocycles. The fourth-order valence-electron chi connectivity index (χ4n) is 1.55. The normalized spacial score (nSPS) is 9.85. The molecule has 0 aliphatic carbocycles. The van der Waals surface area contributed by atoms with E-state index in [9.17, 15) is 9.59 Å². The van der Waals surface area contributed by atoms with Gasteiger partial charge in [-0.1, -0.05) is 36.4 Å². The molecule has 0 bridgehead atoms. The second-order valence-corrected chi connectivity index (χ2v) is 3.94. The van der Waals surface area contributed by atoms with Crippen LogP contribution in [0.4, 0.5) is 0 Å². The monoisotopic (exact) mass is 271 g/mol. The maximum atomic E-state index is 11.8. The summed E-state index contributed by atoms with van der Waals surface area (Å²) in [6.45, 7) is 0.147. The highest BCUT2D eigenvalue weighted by atomic mass is 16.5. The fourth-order valence-corrected chi connectivity index (χ4v) is 1.55. The summed E-state index contributed by atoms with van der Waals surface area (Å²) in [5.41, 5.74) is 2.94. The molecule has 0 spiro atoms. The summed E-state index contributed by atoms with van der Waals surface area (Å²) in [6, 6.07) is 13.7. The van der Waals surface area contributed by atoms with E-state index in [1.54, 1.807) is 0 Å². The first-order chi connectivity index (χ1) is 9.70. The smallest absolute Gasteiger partial charge is 0.357 e. The van der Waals surface area contributed by atoms with Crippen molar-refractivity contribution in [2.45, 2.75) is 6.61 Å². The summed E-state index contributed by atoms with van der Waals surface area (Å²) in [4.78, 5) is 27.0. The number of hydrogen-bond acceptors (Lipinski definition) is 5. The number of benzene rings is 1. The fraction of sp³-hybridized carbons (Fsp3) is 0.0714. The molecule has 0 aliphatic rings. The quantitative estimate of drug-likeness (QED) is 0.375. The zero-order valence-electron chi connectivity index (χ0n) is 10.6. The number of nitrogens with two attached hydrogens (primary N) is 1. The molecule has 1 heterocycles. The molecule has 2 rings (SSSR count). The summed E-state index contributed by atoms with van der Waals surface area (Å²) < 4.78 is 5.12. The first-order valence-corrected chi connectivity index (χ1v) is 5.90. The van der Waals surface area contributed by atoms with E-state index in [0.717, 1.165) is 5.56 Å². The number of carbonyl (C=O) groups excluding carboxylic acids is 2. The Morgan fingerprint density at radius 2 is 1.75 bits per heavy atom. The minimum Gasteiger partial charge on any atom is -0.456 e. The Labute approximate surface area is 115 Å². The minimum atomic E-state index is -0.597. The Morgan fingerprint density at radius 3 is 2.45 bits per heavy atom. The van der Waals surface area contributed by atoms with Gasteiger partial charge < -0.3 is 4.74 Å². The van der Waals surface area contributed by atoms with Gasteiger partial charge in [0.15, 0.2) is 0 Å². The van der Waals surface area contributed by atoms with Crippen LogP contribution in [0.2, 0.25) is 0 Å². The van der Waals surface area contributed by atoms with Gasteiger partial charge in [0, 0.05) is 0 Å². The Hall–Kier alpha value is -2.73. The van der Waals surface area contributed by atoms with Crippen LogP contribution in [-0.4, -0.2) is 16.9 Å². The van der Waals surface area contributed by atoms with Crippen molar-refractivity contribution in [1.29, 1.82) is 0 Å². The molecular formula is C14H13N3O3. The van der Waals surface area contributed by atoms with Gasteiger partial charge in [-0.2, -0.15) is 0 Å². The predicted molar refractivity (Wildman–Crippen MR) is 71.5 cm³/mol. The van der Waals surface area contributed by atoms with Gasteiger partial charge in [-0.25, -0.2) is 15.6 Å². The van der Waals surface area contributed by atoms with E-state index < -0.39 is 11.9 Å². The van der Waals surface area contributed by atoms with Crippen molar-refractivity contribution in [3.8, 4) is 0 Å². The van der Waals surface area contributed by atoms with E-state index >= 15 is 0 Å². The van der Waals surface area contributed by atoms with Crippen LogP contribution in [0.1, 0.15) is 26.5 Å². The van der Waals surface area contributed by atoms with Crippen LogP contribution in [0, 0.1) is 0 Å². The highest BCUT2D eigenvalue weighted by molar-refractivity contribution is 5.94. The zero-order chi connectivity index (χ0) is 14.4. The first kappa shape index (κ1) is 13.7. The average Bonchev–Trinajstić information content (AvgIpc) is 2.53. The number of hydrazine groups is 1. The third kappa shape index (κ3) is 3.39. The lowest BCUT2D eigenvalue weighted by molar-refractivity contribution is 0.0465. The zero-order valence-corrected chi connectivity index (χ0v) is 10.6. The van der Waals surface area contributed by atoms with Crippen LogP contribution in [0.15, 0.2) is 48.5 Å². The van der Waals surface area contributed by atoms with Gasteiger partial charge in [-0.15, -0.1) is 0 Å². The molecule has 102 valence electrons. The second-order valence-electron chi connectivity index (χ2n) is 3.94. The number of nitrogens with one attached hydrogen (secondary N) is 1. The van der Waals surface area contributed by atoms with Crippen LogP contribution in [-0.2, 0) is 11.3 Å². The van der Waals surface area contributed by atoms with E-state index in [4.69, 9.17) is 10.6 Å². The standard InChI is InChI=1S/C14H13N3O3/c15-17-13(18)11-7-4-8-12(16-11)14(19)20-9-10-5-2-1-3-6-10/h1-8H,9,15H2,(H,17,18). The lowest BCUT2D eigenvalue weighted by Gasteiger charge is -2.05. The van der Waals surface area contributed by atoms with Gasteiger partial charge in [0.2, 0.25) is 0 Å². The molecule has 6 nitrogen and oxygen atoms in total. The maximum Gasteiger partial charge on any atom is 0.357 e. The molecule has 0 saturated heterocycles. The topological polar surface area (TPSA) is 94.3 Å². The van der Waals surface area contributed by atoms with Crippen molar-refractivity contribution in [3.63, 3.8) is 0 Å². The van der Waals surface area contributed by atoms with E-state index in [-0.39, 0.29) is 18.0 Å². The largest absolute Gasteiger partial charge is 0.456 e. The summed E-state index contributed by atoms with van der Waals surface area (Å²) >= 11 is 0. The van der Waals surface area contributed by atoms with E-state index in [1.165, 1.54) is 18.2 Å². The highest BCUT2D eigenvalue weighted by Crippen LogP contribution is 2.05. The average molecular weight is 271 g/mol. The molecule has 0 radical (unpaired) electrons. The first-order valence-electron chi connectivity index (χ1n) is 5.90. The van der Waals surface area contributed by atoms with Gasteiger partial charge in [0.1, 0.15) is 18.0 Å². The number of nitrogen functional groups attached to an aromatic ring is 1. The number of aromatic nitrogens is 1. The molecule has 0 aliphatic heterocycles. The molecule has 6 heteroatoms. The van der Waals surface area contributed by atoms with Gasteiger partial charge in [-0.05, 0) is 17.7 Å². The molecule has 1 amide bonds. The molecule has 0 unspecified atom stereocenters. The van der Waals surface area contributed by atoms with Gasteiger partial charge in [-0.3, -0.25) is 10.2 Å².